The third-order valence-corrected chi connectivity index (χ3v) is 3.95. The Labute approximate surface area is 123 Å². The van der Waals surface area contributed by atoms with Gasteiger partial charge in [0, 0.05) is 25.2 Å². The number of nitrogens with one attached hydrogen (secondary N) is 1. The molecule has 0 radical (unpaired) electrons. The van der Waals surface area contributed by atoms with Crippen molar-refractivity contribution in [3.05, 3.63) is 59.9 Å². The second kappa shape index (κ2) is 5.93. The van der Waals surface area contributed by atoms with Crippen molar-refractivity contribution in [3.8, 4) is 0 Å². The van der Waals surface area contributed by atoms with Crippen LogP contribution in [0.5, 0.6) is 0 Å². The topological polar surface area (TPSA) is 71.2 Å². The highest BCUT2D eigenvalue weighted by Crippen LogP contribution is 2.28. The molecule has 3 N–H and O–H groups in total. The lowest BCUT2D eigenvalue weighted by Crippen LogP contribution is -2.29. The van der Waals surface area contributed by atoms with Crippen molar-refractivity contribution in [1.82, 2.24) is 9.88 Å². The molecule has 0 spiro atoms. The van der Waals surface area contributed by atoms with Crippen LogP contribution >= 0.6 is 0 Å². The lowest BCUT2D eigenvalue weighted by molar-refractivity contribution is 0.0791. The molecule has 1 aromatic heterocycles. The molecule has 1 amide bonds. The summed E-state index contributed by atoms with van der Waals surface area (Å²) in [6.07, 6.45) is 4.17. The number of carbonyl (C=O) groups excluding carboxylic acids is 1. The van der Waals surface area contributed by atoms with Gasteiger partial charge in [0.1, 0.15) is 0 Å². The van der Waals surface area contributed by atoms with E-state index in [-0.39, 0.29) is 5.91 Å². The first kappa shape index (κ1) is 13.6. The van der Waals surface area contributed by atoms with E-state index in [0.29, 0.717) is 17.2 Å². The van der Waals surface area contributed by atoms with E-state index in [4.69, 9.17) is 5.84 Å². The van der Waals surface area contributed by atoms with Crippen LogP contribution in [0.25, 0.3) is 0 Å². The first-order valence-corrected chi connectivity index (χ1v) is 7.04. The fraction of sp³-hybridized carbons (Fsp3) is 0.250. The number of hydrogen-bond acceptors (Lipinski definition) is 4. The number of hydrogen-bond donors (Lipinski definition) is 2. The van der Waals surface area contributed by atoms with Crippen molar-refractivity contribution >= 4 is 11.6 Å². The van der Waals surface area contributed by atoms with Gasteiger partial charge in [0.15, 0.2) is 0 Å². The summed E-state index contributed by atoms with van der Waals surface area (Å²) in [6.45, 7) is 1.51. The van der Waals surface area contributed by atoms with Gasteiger partial charge in [0.2, 0.25) is 0 Å². The minimum absolute atomic E-state index is 0.00350. The fourth-order valence-corrected chi connectivity index (χ4v) is 2.81. The summed E-state index contributed by atoms with van der Waals surface area (Å²) >= 11 is 0. The molecule has 2 heterocycles. The number of amides is 1. The number of likely N-dealkylation sites (tertiary alicyclic amines) is 1. The molecular weight excluding hydrogens is 264 g/mol. The van der Waals surface area contributed by atoms with Crippen LogP contribution in [-0.4, -0.2) is 28.9 Å². The number of benzene rings is 1. The zero-order valence-corrected chi connectivity index (χ0v) is 11.7. The molecule has 5 nitrogen and oxygen atoms in total. The number of pyridine rings is 1. The summed E-state index contributed by atoms with van der Waals surface area (Å²) in [6, 6.07) is 12.0. The summed E-state index contributed by atoms with van der Waals surface area (Å²) in [7, 11) is 0. The first-order valence-electron chi connectivity index (χ1n) is 7.04. The normalized spacial score (nSPS) is 17.8. The number of nitrogens with two attached hydrogens (primary N) is 1. The Hall–Kier alpha value is -2.40. The fourth-order valence-electron chi connectivity index (χ4n) is 2.81. The van der Waals surface area contributed by atoms with Crippen LogP contribution < -0.4 is 11.3 Å². The monoisotopic (exact) mass is 282 g/mol. The Kier molecular flexibility index (Phi) is 3.83. The third-order valence-electron chi connectivity index (χ3n) is 3.95. The van der Waals surface area contributed by atoms with Crippen LogP contribution in [0.1, 0.15) is 28.3 Å². The Balaban J connectivity index is 1.75. The number of nitrogen functional groups attached to an aromatic ring is 1. The van der Waals surface area contributed by atoms with E-state index in [1.165, 1.54) is 5.56 Å². The molecule has 1 atom stereocenters. The van der Waals surface area contributed by atoms with Gasteiger partial charge in [0.25, 0.3) is 5.91 Å². The molecule has 21 heavy (non-hydrogen) atoms. The minimum Gasteiger partial charge on any atom is -0.338 e. The molecular formula is C16H18N4O. The van der Waals surface area contributed by atoms with E-state index >= 15 is 0 Å². The van der Waals surface area contributed by atoms with Crippen molar-refractivity contribution in [2.75, 3.05) is 18.5 Å². The van der Waals surface area contributed by atoms with Crippen LogP contribution in [0.3, 0.4) is 0 Å². The van der Waals surface area contributed by atoms with E-state index in [1.54, 1.807) is 18.5 Å². The average molecular weight is 282 g/mol. The van der Waals surface area contributed by atoms with Gasteiger partial charge >= 0.3 is 0 Å². The second-order valence-corrected chi connectivity index (χ2v) is 5.21. The maximum Gasteiger partial charge on any atom is 0.256 e. The first-order chi connectivity index (χ1) is 10.3. The van der Waals surface area contributed by atoms with Gasteiger partial charge < -0.3 is 10.3 Å². The lowest BCUT2D eigenvalue weighted by atomic mass is 9.99. The number of anilines is 1. The molecule has 1 saturated heterocycles. The molecule has 1 aliphatic heterocycles. The van der Waals surface area contributed by atoms with E-state index in [2.05, 4.69) is 22.5 Å². The van der Waals surface area contributed by atoms with Gasteiger partial charge in [-0.2, -0.15) is 0 Å². The van der Waals surface area contributed by atoms with Gasteiger partial charge in [0.05, 0.1) is 17.4 Å². The Morgan fingerprint density at radius 2 is 2.10 bits per heavy atom. The van der Waals surface area contributed by atoms with E-state index in [0.717, 1.165) is 19.5 Å². The molecule has 0 aliphatic carbocycles. The van der Waals surface area contributed by atoms with Gasteiger partial charge in [-0.05, 0) is 18.1 Å². The maximum atomic E-state index is 12.6. The quantitative estimate of drug-likeness (QED) is 0.667. The van der Waals surface area contributed by atoms with Crippen LogP contribution in [-0.2, 0) is 0 Å². The summed E-state index contributed by atoms with van der Waals surface area (Å²) in [5.74, 6) is 5.86. The summed E-state index contributed by atoms with van der Waals surface area (Å²) in [5.41, 5.74) is 4.96. The zero-order valence-electron chi connectivity index (χ0n) is 11.7. The molecule has 5 heteroatoms. The maximum absolute atomic E-state index is 12.6. The molecule has 0 saturated carbocycles. The van der Waals surface area contributed by atoms with Crippen LogP contribution in [0.15, 0.2) is 48.8 Å². The summed E-state index contributed by atoms with van der Waals surface area (Å²) < 4.78 is 0. The Morgan fingerprint density at radius 1 is 1.29 bits per heavy atom. The van der Waals surface area contributed by atoms with Crippen LogP contribution in [0, 0.1) is 0 Å². The minimum atomic E-state index is 0.00350. The van der Waals surface area contributed by atoms with Gasteiger partial charge in [-0.3, -0.25) is 15.6 Å². The highest BCUT2D eigenvalue weighted by molar-refractivity contribution is 5.99. The summed E-state index contributed by atoms with van der Waals surface area (Å²) in [5, 5.41) is 0. The van der Waals surface area contributed by atoms with E-state index in [1.807, 2.05) is 23.1 Å². The SMILES string of the molecule is NNc1cnccc1C(=O)N1CCC(c2ccccc2)C1. The predicted molar refractivity (Wildman–Crippen MR) is 81.8 cm³/mol. The molecule has 1 aromatic carbocycles. The third kappa shape index (κ3) is 2.73. The number of rotatable bonds is 3. The van der Waals surface area contributed by atoms with Gasteiger partial charge in [-0.25, -0.2) is 0 Å². The molecule has 0 bridgehead atoms. The van der Waals surface area contributed by atoms with E-state index < -0.39 is 0 Å². The van der Waals surface area contributed by atoms with Crippen molar-refractivity contribution < 1.29 is 4.79 Å². The van der Waals surface area contributed by atoms with Gasteiger partial charge in [-0.15, -0.1) is 0 Å². The smallest absolute Gasteiger partial charge is 0.256 e. The predicted octanol–water partition coefficient (Wildman–Crippen LogP) is 2.00. The summed E-state index contributed by atoms with van der Waals surface area (Å²) in [4.78, 5) is 18.5. The Morgan fingerprint density at radius 3 is 2.86 bits per heavy atom. The molecule has 3 rings (SSSR count). The van der Waals surface area contributed by atoms with Crippen molar-refractivity contribution in [2.24, 2.45) is 5.84 Å². The second-order valence-electron chi connectivity index (χ2n) is 5.21. The molecule has 1 unspecified atom stereocenters. The highest BCUT2D eigenvalue weighted by atomic mass is 16.2. The number of aromatic nitrogens is 1. The molecule has 108 valence electrons. The lowest BCUT2D eigenvalue weighted by Gasteiger charge is -2.18. The van der Waals surface area contributed by atoms with Crippen molar-refractivity contribution in [2.45, 2.75) is 12.3 Å². The Bertz CT molecular complexity index is 629. The molecule has 2 aromatic rings. The van der Waals surface area contributed by atoms with Gasteiger partial charge in [-0.1, -0.05) is 30.3 Å². The average Bonchev–Trinajstić information content (AvgIpc) is 3.05. The van der Waals surface area contributed by atoms with Crippen LogP contribution in [0.4, 0.5) is 5.69 Å². The molecule has 1 fully saturated rings. The number of carbonyl (C=O) groups is 1. The number of nitrogens with zero attached hydrogens (tertiary/aromatic N) is 2. The number of hydrazine groups is 1. The van der Waals surface area contributed by atoms with E-state index in [9.17, 15) is 4.79 Å². The van der Waals surface area contributed by atoms with Crippen molar-refractivity contribution in [1.29, 1.82) is 0 Å². The standard InChI is InChI=1S/C16H18N4O/c17-19-15-10-18-8-6-14(15)16(21)20-9-7-13(11-20)12-4-2-1-3-5-12/h1-6,8,10,13,19H,7,9,11,17H2. The highest BCUT2D eigenvalue weighted by Gasteiger charge is 2.28. The largest absolute Gasteiger partial charge is 0.338 e. The molecule has 1 aliphatic rings. The van der Waals surface area contributed by atoms with Crippen LogP contribution in [0.2, 0.25) is 0 Å². The van der Waals surface area contributed by atoms with Crippen molar-refractivity contribution in [3.63, 3.8) is 0 Å². The zero-order chi connectivity index (χ0) is 14.7.